The summed E-state index contributed by atoms with van der Waals surface area (Å²) in [5, 5.41) is 8.40. The van der Waals surface area contributed by atoms with Gasteiger partial charge in [-0.15, -0.1) is 13.2 Å². The van der Waals surface area contributed by atoms with E-state index < -0.39 is 30.4 Å². The zero-order chi connectivity index (χ0) is 15.3. The molecule has 20 heavy (non-hydrogen) atoms. The number of hydrogen-bond donors (Lipinski definition) is 1. The van der Waals surface area contributed by atoms with Crippen LogP contribution in [0.15, 0.2) is 24.3 Å². The van der Waals surface area contributed by atoms with Gasteiger partial charge in [-0.25, -0.2) is 4.79 Å². The quantitative estimate of drug-likeness (QED) is 0.669. The second kappa shape index (κ2) is 6.22. The van der Waals surface area contributed by atoms with Crippen LogP contribution in [0.2, 0.25) is 0 Å². The summed E-state index contributed by atoms with van der Waals surface area (Å²) in [7, 11) is 0. The maximum absolute atomic E-state index is 12.2. The van der Waals surface area contributed by atoms with Crippen molar-refractivity contribution in [1.29, 1.82) is 0 Å². The number of carboxylic acid groups (broad SMARTS) is 1. The van der Waals surface area contributed by atoms with Crippen molar-refractivity contribution < 1.29 is 41.3 Å². The Morgan fingerprint density at radius 2 is 1.95 bits per heavy atom. The summed E-state index contributed by atoms with van der Waals surface area (Å²) in [5.74, 6) is -2.80. The molecular weight excluding hydrogens is 291 g/mol. The molecule has 0 saturated carbocycles. The van der Waals surface area contributed by atoms with Crippen LogP contribution >= 0.6 is 0 Å². The molecule has 1 aromatic carbocycles. The second-order valence-corrected chi connectivity index (χ2v) is 3.30. The van der Waals surface area contributed by atoms with E-state index in [1.165, 1.54) is 0 Å². The van der Waals surface area contributed by atoms with Gasteiger partial charge in [-0.1, -0.05) is 0 Å². The van der Waals surface area contributed by atoms with Crippen LogP contribution in [0.4, 0.5) is 22.0 Å². The van der Waals surface area contributed by atoms with Crippen LogP contribution in [0.5, 0.6) is 11.5 Å². The summed E-state index contributed by atoms with van der Waals surface area (Å²) >= 11 is 0. The van der Waals surface area contributed by atoms with Gasteiger partial charge in [-0.05, 0) is 18.2 Å². The first kappa shape index (κ1) is 15.7. The Hall–Kier alpha value is -2.32. The van der Waals surface area contributed by atoms with E-state index in [-0.39, 0.29) is 5.56 Å². The number of carbonyl (C=O) groups is 1. The highest BCUT2D eigenvalue weighted by atomic mass is 19.4. The average molecular weight is 298 g/mol. The van der Waals surface area contributed by atoms with Gasteiger partial charge in [0.2, 0.25) is 0 Å². The predicted octanol–water partition coefficient (Wildman–Crippen LogP) is 3.28. The molecule has 0 aliphatic rings. The Morgan fingerprint density at radius 1 is 1.30 bits per heavy atom. The molecule has 9 heteroatoms. The maximum Gasteiger partial charge on any atom is 0.573 e. The molecule has 1 rings (SSSR count). The molecule has 0 radical (unpaired) electrons. The van der Waals surface area contributed by atoms with Gasteiger partial charge in [0.05, 0.1) is 0 Å². The smallest absolute Gasteiger partial charge is 0.478 e. The van der Waals surface area contributed by atoms with Gasteiger partial charge < -0.3 is 14.6 Å². The molecule has 1 N–H and O–H groups in total. The molecule has 0 fully saturated rings. The molecule has 0 spiro atoms. The lowest BCUT2D eigenvalue weighted by molar-refractivity contribution is -0.274. The molecule has 110 valence electrons. The van der Waals surface area contributed by atoms with E-state index >= 15 is 0 Å². The molecule has 0 bridgehead atoms. The minimum Gasteiger partial charge on any atom is -0.478 e. The largest absolute Gasteiger partial charge is 0.573 e. The lowest BCUT2D eigenvalue weighted by Crippen LogP contribution is -2.18. The zero-order valence-electron chi connectivity index (χ0n) is 9.53. The molecule has 0 aliphatic carbocycles. The first-order valence-corrected chi connectivity index (χ1v) is 4.93. The fourth-order valence-corrected chi connectivity index (χ4v) is 1.20. The van der Waals surface area contributed by atoms with Gasteiger partial charge in [0.15, 0.2) is 0 Å². The third kappa shape index (κ3) is 5.55. The van der Waals surface area contributed by atoms with Gasteiger partial charge in [0.1, 0.15) is 11.5 Å². The van der Waals surface area contributed by atoms with E-state index in [1.807, 2.05) is 0 Å². The van der Waals surface area contributed by atoms with Crippen LogP contribution < -0.4 is 9.47 Å². The number of benzene rings is 1. The van der Waals surface area contributed by atoms with E-state index in [1.54, 1.807) is 0 Å². The fourth-order valence-electron chi connectivity index (χ4n) is 1.20. The average Bonchev–Trinajstić information content (AvgIpc) is 2.24. The van der Waals surface area contributed by atoms with Crippen molar-refractivity contribution in [2.75, 3.05) is 0 Å². The van der Waals surface area contributed by atoms with Crippen LogP contribution in [0.3, 0.4) is 0 Å². The number of aliphatic carboxylic acids is 1. The van der Waals surface area contributed by atoms with E-state index in [0.29, 0.717) is 12.1 Å². The number of alkyl halides is 5. The van der Waals surface area contributed by atoms with E-state index in [2.05, 4.69) is 9.47 Å². The van der Waals surface area contributed by atoms with Crippen molar-refractivity contribution in [3.05, 3.63) is 29.8 Å². The fraction of sp³-hybridized carbons (Fsp3) is 0.182. The summed E-state index contributed by atoms with van der Waals surface area (Å²) in [6.07, 6.45) is -3.66. The maximum atomic E-state index is 12.2. The van der Waals surface area contributed by atoms with Crippen molar-refractivity contribution in [3.63, 3.8) is 0 Å². The van der Waals surface area contributed by atoms with Crippen LogP contribution in [0, 0.1) is 0 Å². The topological polar surface area (TPSA) is 55.8 Å². The Labute approximate surface area is 109 Å². The minimum atomic E-state index is -5.06. The predicted molar refractivity (Wildman–Crippen MR) is 56.4 cm³/mol. The Bertz CT molecular complexity index is 510. The van der Waals surface area contributed by atoms with Gasteiger partial charge in [0, 0.05) is 17.7 Å². The van der Waals surface area contributed by atoms with Crippen molar-refractivity contribution in [2.45, 2.75) is 13.0 Å². The summed E-state index contributed by atoms with van der Waals surface area (Å²) in [5.41, 5.74) is -0.258. The molecule has 0 heterocycles. The first-order chi connectivity index (χ1) is 9.17. The highest BCUT2D eigenvalue weighted by molar-refractivity contribution is 5.86. The van der Waals surface area contributed by atoms with Crippen LogP contribution in [0.1, 0.15) is 5.56 Å². The number of ether oxygens (including phenoxy) is 2. The Kier molecular flexibility index (Phi) is 4.89. The van der Waals surface area contributed by atoms with Crippen molar-refractivity contribution in [1.82, 2.24) is 0 Å². The van der Waals surface area contributed by atoms with Crippen molar-refractivity contribution >= 4 is 12.0 Å². The van der Waals surface area contributed by atoms with Gasteiger partial charge in [0.25, 0.3) is 0 Å². The molecule has 0 aliphatic heterocycles. The molecular formula is C11H7F5O4. The molecule has 0 amide bonds. The normalized spacial score (nSPS) is 11.9. The molecule has 0 aromatic heterocycles. The lowest BCUT2D eigenvalue weighted by atomic mass is 10.2. The molecule has 4 nitrogen and oxygen atoms in total. The SMILES string of the molecule is O=C(O)/C=C/c1ccc(OC(F)F)cc1OC(F)(F)F. The van der Waals surface area contributed by atoms with Crippen molar-refractivity contribution in [3.8, 4) is 11.5 Å². The standard InChI is InChI=1S/C11H7F5O4/c12-10(13)19-7-3-1-6(2-4-9(17)18)8(5-7)20-11(14,15)16/h1-5,10H,(H,17,18)/b4-2+. The van der Waals surface area contributed by atoms with E-state index in [0.717, 1.165) is 18.2 Å². The summed E-state index contributed by atoms with van der Waals surface area (Å²) in [6.45, 7) is -3.21. The summed E-state index contributed by atoms with van der Waals surface area (Å²) in [4.78, 5) is 10.3. The Balaban J connectivity index is 3.12. The lowest BCUT2D eigenvalue weighted by Gasteiger charge is -2.13. The highest BCUT2D eigenvalue weighted by Gasteiger charge is 2.32. The summed E-state index contributed by atoms with van der Waals surface area (Å²) < 4.78 is 68.0. The number of rotatable bonds is 5. The van der Waals surface area contributed by atoms with E-state index in [4.69, 9.17) is 5.11 Å². The van der Waals surface area contributed by atoms with Crippen LogP contribution in [-0.2, 0) is 4.79 Å². The second-order valence-electron chi connectivity index (χ2n) is 3.30. The summed E-state index contributed by atoms with van der Waals surface area (Å²) in [6, 6.07) is 2.50. The van der Waals surface area contributed by atoms with E-state index in [9.17, 15) is 26.7 Å². The number of hydrogen-bond acceptors (Lipinski definition) is 3. The van der Waals surface area contributed by atoms with Crippen LogP contribution in [-0.4, -0.2) is 24.0 Å². The van der Waals surface area contributed by atoms with Gasteiger partial charge >= 0.3 is 18.9 Å². The minimum absolute atomic E-state index is 0.258. The Morgan fingerprint density at radius 3 is 2.45 bits per heavy atom. The third-order valence-electron chi connectivity index (χ3n) is 1.84. The number of carboxylic acids is 1. The third-order valence-corrected chi connectivity index (χ3v) is 1.84. The molecule has 1 aromatic rings. The van der Waals surface area contributed by atoms with Gasteiger partial charge in [-0.3, -0.25) is 0 Å². The molecule has 0 saturated heterocycles. The number of halogens is 5. The van der Waals surface area contributed by atoms with Crippen LogP contribution in [0.25, 0.3) is 6.08 Å². The highest BCUT2D eigenvalue weighted by Crippen LogP contribution is 2.31. The molecule has 0 atom stereocenters. The van der Waals surface area contributed by atoms with Gasteiger partial charge in [-0.2, -0.15) is 8.78 Å². The monoisotopic (exact) mass is 298 g/mol. The van der Waals surface area contributed by atoms with Crippen molar-refractivity contribution in [2.24, 2.45) is 0 Å². The first-order valence-electron chi connectivity index (χ1n) is 4.93. The zero-order valence-corrected chi connectivity index (χ0v) is 9.53. The molecule has 0 unspecified atom stereocenters.